The van der Waals surface area contributed by atoms with E-state index in [1.165, 1.54) is 4.88 Å². The predicted octanol–water partition coefficient (Wildman–Crippen LogP) is 2.91. The monoisotopic (exact) mass is 280 g/mol. The molecule has 0 aromatic carbocycles. The van der Waals surface area contributed by atoms with Crippen molar-refractivity contribution in [3.05, 3.63) is 22.4 Å². The van der Waals surface area contributed by atoms with Gasteiger partial charge in [0.05, 0.1) is 0 Å². The minimum atomic E-state index is -0.542. The highest BCUT2D eigenvalue weighted by molar-refractivity contribution is 7.09. The maximum Gasteiger partial charge on any atom is 0.238 e. The molecule has 0 saturated heterocycles. The zero-order chi connectivity index (χ0) is 14.1. The molecule has 1 saturated carbocycles. The molecule has 106 valence electrons. The summed E-state index contributed by atoms with van der Waals surface area (Å²) < 4.78 is 0. The van der Waals surface area contributed by atoms with E-state index in [1.807, 2.05) is 6.07 Å². The Balaban J connectivity index is 2.12. The maximum atomic E-state index is 12.0. The van der Waals surface area contributed by atoms with Crippen molar-refractivity contribution in [3.8, 4) is 0 Å². The van der Waals surface area contributed by atoms with Crippen LogP contribution >= 0.6 is 11.3 Å². The number of thiophene rings is 1. The lowest BCUT2D eigenvalue weighted by molar-refractivity contribution is -0.129. The van der Waals surface area contributed by atoms with Crippen LogP contribution in [-0.2, 0) is 11.3 Å². The van der Waals surface area contributed by atoms with Crippen LogP contribution in [0.5, 0.6) is 0 Å². The van der Waals surface area contributed by atoms with E-state index in [-0.39, 0.29) is 11.8 Å². The fraction of sp³-hybridized carbons (Fsp3) is 0.667. The number of hydrogen-bond acceptors (Lipinski definition) is 3. The first-order valence-electron chi connectivity index (χ1n) is 6.93. The lowest BCUT2D eigenvalue weighted by atomic mass is 9.63. The van der Waals surface area contributed by atoms with Gasteiger partial charge in [-0.3, -0.25) is 10.1 Å². The number of amides is 1. The topological polar surface area (TPSA) is 55.1 Å². The molecule has 0 bridgehead atoms. The van der Waals surface area contributed by atoms with Gasteiger partial charge in [-0.15, -0.1) is 11.3 Å². The first-order valence-corrected chi connectivity index (χ1v) is 7.81. The molecule has 0 radical (unpaired) electrons. The highest BCUT2D eigenvalue weighted by Gasteiger charge is 2.47. The van der Waals surface area contributed by atoms with Crippen LogP contribution < -0.4 is 11.1 Å². The average Bonchev–Trinajstić information content (AvgIpc) is 2.80. The molecule has 0 spiro atoms. The van der Waals surface area contributed by atoms with Crippen LogP contribution in [0.4, 0.5) is 0 Å². The molecule has 1 aromatic heterocycles. The molecular formula is C15H24N2OS. The van der Waals surface area contributed by atoms with Crippen molar-refractivity contribution in [1.29, 1.82) is 0 Å². The number of rotatable bonds is 4. The Hall–Kier alpha value is -0.870. The van der Waals surface area contributed by atoms with Gasteiger partial charge in [0.2, 0.25) is 5.91 Å². The van der Waals surface area contributed by atoms with Crippen LogP contribution in [0, 0.1) is 11.3 Å². The molecule has 0 aliphatic heterocycles. The van der Waals surface area contributed by atoms with Crippen LogP contribution in [0.15, 0.2) is 17.5 Å². The lowest BCUT2D eigenvalue weighted by Gasteiger charge is -2.47. The van der Waals surface area contributed by atoms with Crippen molar-refractivity contribution in [1.82, 2.24) is 5.32 Å². The zero-order valence-corrected chi connectivity index (χ0v) is 12.8. The fourth-order valence-corrected chi connectivity index (χ4v) is 3.91. The summed E-state index contributed by atoms with van der Waals surface area (Å²) in [5.74, 6) is 0.0702. The normalized spacial score (nSPS) is 30.2. The van der Waals surface area contributed by atoms with Crippen molar-refractivity contribution in [3.63, 3.8) is 0 Å². The van der Waals surface area contributed by atoms with Crippen molar-refractivity contribution in [2.75, 3.05) is 0 Å². The molecule has 2 rings (SSSR count). The second-order valence-corrected chi connectivity index (χ2v) is 7.57. The Morgan fingerprint density at radius 1 is 1.53 bits per heavy atom. The second kappa shape index (κ2) is 5.25. The molecule has 4 heteroatoms. The highest BCUT2D eigenvalue weighted by Crippen LogP contribution is 2.44. The van der Waals surface area contributed by atoms with Crippen LogP contribution in [0.1, 0.15) is 44.9 Å². The Bertz CT molecular complexity index is 441. The summed E-state index contributed by atoms with van der Waals surface area (Å²) in [4.78, 5) is 13.3. The molecule has 3 N–H and O–H groups in total. The van der Waals surface area contributed by atoms with Crippen molar-refractivity contribution < 1.29 is 4.79 Å². The Labute approximate surface area is 119 Å². The van der Waals surface area contributed by atoms with E-state index < -0.39 is 5.54 Å². The molecular weight excluding hydrogens is 256 g/mol. The minimum absolute atomic E-state index is 0.202. The van der Waals surface area contributed by atoms with E-state index in [9.17, 15) is 4.79 Å². The summed E-state index contributed by atoms with van der Waals surface area (Å²) >= 11 is 1.71. The highest BCUT2D eigenvalue weighted by atomic mass is 32.1. The minimum Gasteiger partial charge on any atom is -0.368 e. The summed E-state index contributed by atoms with van der Waals surface area (Å²) in [6, 6.07) is 4.12. The van der Waals surface area contributed by atoms with Gasteiger partial charge >= 0.3 is 0 Å². The van der Waals surface area contributed by atoms with Crippen LogP contribution in [-0.4, -0.2) is 11.4 Å². The van der Waals surface area contributed by atoms with Gasteiger partial charge in [0, 0.05) is 11.4 Å². The third-order valence-electron chi connectivity index (χ3n) is 4.49. The van der Waals surface area contributed by atoms with E-state index in [1.54, 1.807) is 11.3 Å². The van der Waals surface area contributed by atoms with Gasteiger partial charge in [0.15, 0.2) is 0 Å². The van der Waals surface area contributed by atoms with Gasteiger partial charge in [-0.05, 0) is 42.0 Å². The predicted molar refractivity (Wildman–Crippen MR) is 79.9 cm³/mol. The average molecular weight is 280 g/mol. The lowest BCUT2D eigenvalue weighted by Crippen LogP contribution is -2.62. The second-order valence-electron chi connectivity index (χ2n) is 6.54. The molecule has 1 aromatic rings. The first-order chi connectivity index (χ1) is 8.86. The largest absolute Gasteiger partial charge is 0.368 e. The molecule has 2 atom stereocenters. The number of nitrogens with two attached hydrogens (primary N) is 1. The quantitative estimate of drug-likeness (QED) is 0.891. The van der Waals surface area contributed by atoms with Crippen LogP contribution in [0.3, 0.4) is 0 Å². The van der Waals surface area contributed by atoms with Crippen molar-refractivity contribution >= 4 is 17.2 Å². The summed E-state index contributed by atoms with van der Waals surface area (Å²) in [6.07, 6.45) is 2.91. The Morgan fingerprint density at radius 3 is 2.79 bits per heavy atom. The molecule has 1 amide bonds. The maximum absolute atomic E-state index is 12.0. The fourth-order valence-electron chi connectivity index (χ4n) is 3.26. The van der Waals surface area contributed by atoms with E-state index in [2.05, 4.69) is 37.5 Å². The summed E-state index contributed by atoms with van der Waals surface area (Å²) in [6.45, 7) is 7.42. The number of hydrogen-bond donors (Lipinski definition) is 2. The number of carbonyl (C=O) groups is 1. The summed E-state index contributed by atoms with van der Waals surface area (Å²) in [5.41, 5.74) is 5.49. The van der Waals surface area contributed by atoms with E-state index in [0.717, 1.165) is 25.8 Å². The summed E-state index contributed by atoms with van der Waals surface area (Å²) in [7, 11) is 0. The smallest absolute Gasteiger partial charge is 0.238 e. The van der Waals surface area contributed by atoms with Gasteiger partial charge < -0.3 is 5.73 Å². The molecule has 19 heavy (non-hydrogen) atoms. The van der Waals surface area contributed by atoms with Gasteiger partial charge in [-0.25, -0.2) is 0 Å². The van der Waals surface area contributed by atoms with Gasteiger partial charge in [0.1, 0.15) is 5.54 Å². The van der Waals surface area contributed by atoms with Crippen molar-refractivity contribution in [2.45, 2.75) is 52.1 Å². The molecule has 1 aliphatic rings. The molecule has 2 unspecified atom stereocenters. The molecule has 1 heterocycles. The first kappa shape index (κ1) is 14.5. The van der Waals surface area contributed by atoms with E-state index in [0.29, 0.717) is 5.41 Å². The molecule has 1 aliphatic carbocycles. The van der Waals surface area contributed by atoms with Gasteiger partial charge in [0.25, 0.3) is 0 Å². The molecule has 3 nitrogen and oxygen atoms in total. The SMILES string of the molecule is CC1CC(C)(C)CCC1(NCc1cccs1)C(N)=O. The third-order valence-corrected chi connectivity index (χ3v) is 5.37. The van der Waals surface area contributed by atoms with Gasteiger partial charge in [-0.2, -0.15) is 0 Å². The van der Waals surface area contributed by atoms with E-state index in [4.69, 9.17) is 5.73 Å². The van der Waals surface area contributed by atoms with Crippen LogP contribution in [0.2, 0.25) is 0 Å². The van der Waals surface area contributed by atoms with Gasteiger partial charge in [-0.1, -0.05) is 26.8 Å². The van der Waals surface area contributed by atoms with E-state index >= 15 is 0 Å². The molecule has 1 fully saturated rings. The van der Waals surface area contributed by atoms with Crippen LogP contribution in [0.25, 0.3) is 0 Å². The van der Waals surface area contributed by atoms with Crippen molar-refractivity contribution in [2.24, 2.45) is 17.1 Å². The third kappa shape index (κ3) is 3.00. The standard InChI is InChI=1S/C15H24N2OS/c1-11-9-14(2,3)6-7-15(11,13(16)18)17-10-12-5-4-8-19-12/h4-5,8,11,17H,6-7,9-10H2,1-3H3,(H2,16,18). The zero-order valence-electron chi connectivity index (χ0n) is 12.0. The summed E-state index contributed by atoms with van der Waals surface area (Å²) in [5, 5.41) is 5.52. The number of nitrogens with one attached hydrogen (secondary N) is 1. The Kier molecular flexibility index (Phi) is 4.02. The number of primary amides is 1. The number of carbonyl (C=O) groups excluding carboxylic acids is 1. The Morgan fingerprint density at radius 2 is 2.26 bits per heavy atom.